The van der Waals surface area contributed by atoms with Gasteiger partial charge in [-0.1, -0.05) is 69.3 Å². The van der Waals surface area contributed by atoms with Crippen LogP contribution in [0.1, 0.15) is 31.9 Å². The molecule has 3 aromatic carbocycles. The Morgan fingerprint density at radius 1 is 1.00 bits per heavy atom. The second-order valence-electron chi connectivity index (χ2n) is 9.53. The molecule has 0 bridgehead atoms. The number of aryl methyl sites for hydroxylation is 2. The highest BCUT2D eigenvalue weighted by atomic mass is 19.1. The zero-order valence-corrected chi connectivity index (χ0v) is 20.2. The summed E-state index contributed by atoms with van der Waals surface area (Å²) in [6.45, 7) is 6.48. The molecular formula is C29H29FN2O3. The van der Waals surface area contributed by atoms with Crippen molar-refractivity contribution in [1.82, 2.24) is 9.78 Å². The third-order valence-corrected chi connectivity index (χ3v) is 5.83. The molecule has 0 radical (unpaired) electrons. The Morgan fingerprint density at radius 2 is 1.77 bits per heavy atom. The van der Waals surface area contributed by atoms with E-state index in [1.807, 2.05) is 47.1 Å². The van der Waals surface area contributed by atoms with E-state index in [2.05, 4.69) is 32.9 Å². The minimum absolute atomic E-state index is 0.124. The Kier molecular flexibility index (Phi) is 7.01. The number of carbonyl (C=O) groups is 1. The first-order valence-electron chi connectivity index (χ1n) is 11.6. The van der Waals surface area contributed by atoms with E-state index in [9.17, 15) is 9.18 Å². The van der Waals surface area contributed by atoms with E-state index in [0.29, 0.717) is 23.6 Å². The third kappa shape index (κ3) is 5.96. The molecular weight excluding hydrogens is 443 g/mol. The zero-order chi connectivity index (χ0) is 25.0. The topological polar surface area (TPSA) is 64.3 Å². The number of aromatic nitrogens is 2. The minimum Gasteiger partial charge on any atom is -0.481 e. The molecule has 1 heterocycles. The Balaban J connectivity index is 1.80. The summed E-state index contributed by atoms with van der Waals surface area (Å²) in [7, 11) is 0. The maximum absolute atomic E-state index is 14.1. The van der Waals surface area contributed by atoms with Crippen molar-refractivity contribution in [3.05, 3.63) is 95.8 Å². The highest BCUT2D eigenvalue weighted by molar-refractivity contribution is 5.74. The number of halogens is 1. The quantitative estimate of drug-likeness (QED) is 0.324. The van der Waals surface area contributed by atoms with Crippen molar-refractivity contribution in [2.24, 2.45) is 0 Å². The van der Waals surface area contributed by atoms with Crippen LogP contribution in [0.4, 0.5) is 4.39 Å². The number of hydrogen-bond donors (Lipinski definition) is 1. The van der Waals surface area contributed by atoms with E-state index in [1.54, 1.807) is 12.1 Å². The van der Waals surface area contributed by atoms with Crippen LogP contribution in [-0.2, 0) is 23.2 Å². The molecule has 0 amide bonds. The smallest absolute Gasteiger partial charge is 0.341 e. The van der Waals surface area contributed by atoms with Gasteiger partial charge in [0.15, 0.2) is 6.61 Å². The molecule has 4 aromatic rings. The molecule has 0 atom stereocenters. The summed E-state index contributed by atoms with van der Waals surface area (Å²) in [5, 5.41) is 14.0. The lowest BCUT2D eigenvalue weighted by Gasteiger charge is -2.21. The van der Waals surface area contributed by atoms with Gasteiger partial charge in [0.2, 0.25) is 0 Å². The largest absolute Gasteiger partial charge is 0.481 e. The van der Waals surface area contributed by atoms with E-state index < -0.39 is 12.6 Å². The molecule has 0 aliphatic rings. The Labute approximate surface area is 204 Å². The van der Waals surface area contributed by atoms with E-state index in [1.165, 1.54) is 17.7 Å². The van der Waals surface area contributed by atoms with Gasteiger partial charge in [-0.3, -0.25) is 4.68 Å². The van der Waals surface area contributed by atoms with Crippen molar-refractivity contribution >= 4 is 5.97 Å². The zero-order valence-electron chi connectivity index (χ0n) is 20.2. The molecule has 0 unspecified atom stereocenters. The van der Waals surface area contributed by atoms with Crippen LogP contribution in [0.5, 0.6) is 5.75 Å². The fourth-order valence-electron chi connectivity index (χ4n) is 3.94. The lowest BCUT2D eigenvalue weighted by atomic mass is 9.85. The summed E-state index contributed by atoms with van der Waals surface area (Å²) >= 11 is 0. The van der Waals surface area contributed by atoms with Crippen LogP contribution in [0.2, 0.25) is 0 Å². The Morgan fingerprint density at radius 3 is 2.46 bits per heavy atom. The number of ether oxygens (including phenoxy) is 1. The van der Waals surface area contributed by atoms with Gasteiger partial charge in [-0.05, 0) is 53.3 Å². The number of rotatable bonds is 8. The fourth-order valence-corrected chi connectivity index (χ4v) is 3.94. The van der Waals surface area contributed by atoms with E-state index in [-0.39, 0.29) is 11.2 Å². The first-order valence-corrected chi connectivity index (χ1v) is 11.6. The summed E-state index contributed by atoms with van der Waals surface area (Å²) < 4.78 is 21.6. The molecule has 0 aliphatic carbocycles. The molecule has 4 rings (SSSR count). The molecule has 0 spiro atoms. The molecule has 0 aliphatic heterocycles. The minimum atomic E-state index is -1.05. The van der Waals surface area contributed by atoms with Gasteiger partial charge in [-0.15, -0.1) is 0 Å². The van der Waals surface area contributed by atoms with Crippen molar-refractivity contribution < 1.29 is 19.0 Å². The monoisotopic (exact) mass is 472 g/mol. The maximum atomic E-state index is 14.1. The van der Waals surface area contributed by atoms with Gasteiger partial charge in [-0.25, -0.2) is 9.18 Å². The van der Waals surface area contributed by atoms with Crippen LogP contribution in [0, 0.1) is 5.82 Å². The molecule has 6 heteroatoms. The van der Waals surface area contributed by atoms with Gasteiger partial charge in [0, 0.05) is 17.7 Å². The van der Waals surface area contributed by atoms with Gasteiger partial charge in [-0.2, -0.15) is 5.10 Å². The first-order chi connectivity index (χ1) is 16.7. The number of carboxylic acid groups (broad SMARTS) is 1. The van der Waals surface area contributed by atoms with Crippen LogP contribution >= 0.6 is 0 Å². The van der Waals surface area contributed by atoms with Crippen LogP contribution < -0.4 is 4.74 Å². The van der Waals surface area contributed by atoms with Crippen molar-refractivity contribution in [1.29, 1.82) is 0 Å². The van der Waals surface area contributed by atoms with Gasteiger partial charge >= 0.3 is 5.97 Å². The fraction of sp³-hybridized carbons (Fsp3) is 0.241. The van der Waals surface area contributed by atoms with Crippen molar-refractivity contribution in [3.63, 3.8) is 0 Å². The summed E-state index contributed by atoms with van der Waals surface area (Å²) in [5.41, 5.74) is 4.97. The second-order valence-corrected chi connectivity index (χ2v) is 9.53. The van der Waals surface area contributed by atoms with Gasteiger partial charge in [0.05, 0.1) is 11.4 Å². The normalized spacial score (nSPS) is 11.4. The van der Waals surface area contributed by atoms with Crippen molar-refractivity contribution in [3.8, 4) is 28.3 Å². The van der Waals surface area contributed by atoms with Crippen LogP contribution in [0.3, 0.4) is 0 Å². The number of hydrogen-bond acceptors (Lipinski definition) is 3. The second kappa shape index (κ2) is 10.1. The average molecular weight is 473 g/mol. The molecule has 180 valence electrons. The van der Waals surface area contributed by atoms with Crippen molar-refractivity contribution in [2.75, 3.05) is 6.61 Å². The number of carboxylic acids is 1. The highest BCUT2D eigenvalue weighted by Gasteiger charge is 2.20. The summed E-state index contributed by atoms with van der Waals surface area (Å²) in [5.74, 6) is -0.927. The molecule has 0 fully saturated rings. The summed E-state index contributed by atoms with van der Waals surface area (Å²) in [4.78, 5) is 11.2. The third-order valence-electron chi connectivity index (χ3n) is 5.83. The molecule has 35 heavy (non-hydrogen) atoms. The number of aliphatic carboxylic acids is 1. The van der Waals surface area contributed by atoms with Gasteiger partial charge < -0.3 is 9.84 Å². The lowest BCUT2D eigenvalue weighted by Crippen LogP contribution is -2.13. The average Bonchev–Trinajstić information content (AvgIpc) is 3.25. The Hall–Kier alpha value is -3.93. The van der Waals surface area contributed by atoms with E-state index >= 15 is 0 Å². The van der Waals surface area contributed by atoms with Crippen LogP contribution in [0.15, 0.2) is 78.9 Å². The predicted octanol–water partition coefficient (Wildman–Crippen LogP) is 6.36. The molecule has 1 aromatic heterocycles. The molecule has 0 saturated heterocycles. The van der Waals surface area contributed by atoms with Gasteiger partial charge in [0.25, 0.3) is 0 Å². The van der Waals surface area contributed by atoms with Gasteiger partial charge in [0.1, 0.15) is 11.6 Å². The lowest BCUT2D eigenvalue weighted by molar-refractivity contribution is -0.139. The highest BCUT2D eigenvalue weighted by Crippen LogP contribution is 2.36. The summed E-state index contributed by atoms with van der Waals surface area (Å²) in [6.07, 6.45) is 0.759. The summed E-state index contributed by atoms with van der Waals surface area (Å²) in [6, 6.07) is 24.2. The van der Waals surface area contributed by atoms with E-state index in [0.717, 1.165) is 23.2 Å². The molecule has 1 N–H and O–H groups in total. The molecule has 0 saturated carbocycles. The van der Waals surface area contributed by atoms with Crippen LogP contribution in [0.25, 0.3) is 22.5 Å². The number of nitrogens with zero attached hydrogens (tertiary/aromatic N) is 2. The Bertz CT molecular complexity index is 1320. The number of benzene rings is 3. The predicted molar refractivity (Wildman–Crippen MR) is 135 cm³/mol. The van der Waals surface area contributed by atoms with Crippen molar-refractivity contribution in [2.45, 2.75) is 39.2 Å². The SMILES string of the molecule is CC(C)(C)c1ccc(OCC(=O)O)c(-c2cc(-c3cccc(F)c3)n(CCc3ccccc3)n2)c1. The standard InChI is InChI=1S/C29H29FN2O3/c1-29(2,3)22-12-13-27(35-19-28(33)34)24(17-22)25-18-26(21-10-7-11-23(30)16-21)32(31-25)15-14-20-8-5-4-6-9-20/h4-13,16-18H,14-15,19H2,1-3H3,(H,33,34). The maximum Gasteiger partial charge on any atom is 0.341 e. The first kappa shape index (κ1) is 24.2. The molecule has 5 nitrogen and oxygen atoms in total. The van der Waals surface area contributed by atoms with Crippen LogP contribution in [-0.4, -0.2) is 27.5 Å². The van der Waals surface area contributed by atoms with E-state index in [4.69, 9.17) is 14.9 Å².